The van der Waals surface area contributed by atoms with Crippen molar-refractivity contribution >= 4 is 29.7 Å². The van der Waals surface area contributed by atoms with Gasteiger partial charge in [-0.15, -0.1) is 5.10 Å². The largest absolute Gasteiger partial charge is 0.442 e. The van der Waals surface area contributed by atoms with Crippen molar-refractivity contribution in [3.05, 3.63) is 41.2 Å². The second-order valence-corrected chi connectivity index (χ2v) is 9.10. The molecule has 4 aliphatic heterocycles. The van der Waals surface area contributed by atoms with Crippen LogP contribution in [0.5, 0.6) is 0 Å². The maximum absolute atomic E-state index is 13.1. The zero-order chi connectivity index (χ0) is 24.4. The highest BCUT2D eigenvalue weighted by Crippen LogP contribution is 2.29. The lowest BCUT2D eigenvalue weighted by Gasteiger charge is -2.29. The summed E-state index contributed by atoms with van der Waals surface area (Å²) in [6, 6.07) is 4.32. The number of piperidine rings is 1. The molecule has 6 rings (SSSR count). The predicted octanol–water partition coefficient (Wildman–Crippen LogP) is -0.697. The molecule has 180 valence electrons. The highest BCUT2D eigenvalue weighted by atomic mass is 16.6. The fourth-order valence-electron chi connectivity index (χ4n) is 5.09. The molecule has 0 bridgehead atoms. The Bertz CT molecular complexity index is 1300. The van der Waals surface area contributed by atoms with Crippen LogP contribution >= 0.6 is 0 Å². The summed E-state index contributed by atoms with van der Waals surface area (Å²) in [5, 5.41) is 10.3. The minimum absolute atomic E-state index is 0.135. The van der Waals surface area contributed by atoms with Crippen molar-refractivity contribution in [1.29, 1.82) is 0 Å². The van der Waals surface area contributed by atoms with Gasteiger partial charge >= 0.3 is 6.09 Å². The Morgan fingerprint density at radius 3 is 2.77 bits per heavy atom. The van der Waals surface area contributed by atoms with Crippen LogP contribution in [0, 0.1) is 0 Å². The van der Waals surface area contributed by atoms with Crippen LogP contribution < -0.4 is 5.32 Å². The molecule has 3 fully saturated rings. The maximum atomic E-state index is 13.1. The first kappa shape index (κ1) is 21.3. The minimum Gasteiger partial charge on any atom is -0.442 e. The molecule has 5 amide bonds. The molecule has 1 N–H and O–H groups in total. The van der Waals surface area contributed by atoms with Gasteiger partial charge in [0.2, 0.25) is 11.8 Å². The topological polar surface area (TPSA) is 147 Å². The zero-order valence-electron chi connectivity index (χ0n) is 18.7. The third-order valence-electron chi connectivity index (χ3n) is 7.05. The summed E-state index contributed by atoms with van der Waals surface area (Å²) in [6.07, 6.45) is 1.22. The summed E-state index contributed by atoms with van der Waals surface area (Å²) in [5.74, 6) is -1.42. The lowest BCUT2D eigenvalue weighted by molar-refractivity contribution is -0.136. The second-order valence-electron chi connectivity index (χ2n) is 9.10. The third kappa shape index (κ3) is 3.33. The van der Waals surface area contributed by atoms with Crippen LogP contribution in [-0.2, 0) is 20.9 Å². The summed E-state index contributed by atoms with van der Waals surface area (Å²) in [6.45, 7) is 0.913. The first-order chi connectivity index (χ1) is 16.8. The number of hydrogen-bond acceptors (Lipinski definition) is 8. The van der Waals surface area contributed by atoms with Gasteiger partial charge in [0.05, 0.1) is 24.5 Å². The van der Waals surface area contributed by atoms with E-state index in [2.05, 4.69) is 15.6 Å². The van der Waals surface area contributed by atoms with E-state index in [0.29, 0.717) is 24.2 Å². The van der Waals surface area contributed by atoms with Crippen molar-refractivity contribution in [3.8, 4) is 5.69 Å². The Hall–Kier alpha value is -4.29. The molecule has 13 heteroatoms. The molecule has 5 heterocycles. The number of aromatic nitrogens is 3. The number of fused-ring (bicyclic) bond motifs is 2. The van der Waals surface area contributed by atoms with Crippen molar-refractivity contribution in [2.75, 3.05) is 20.1 Å². The van der Waals surface area contributed by atoms with Crippen LogP contribution in [-0.4, -0.2) is 97.7 Å². The molecular formula is C22H21N7O6. The first-order valence-electron chi connectivity index (χ1n) is 11.2. The van der Waals surface area contributed by atoms with E-state index >= 15 is 0 Å². The van der Waals surface area contributed by atoms with E-state index in [1.165, 1.54) is 20.7 Å². The van der Waals surface area contributed by atoms with Gasteiger partial charge in [0.25, 0.3) is 11.8 Å². The van der Waals surface area contributed by atoms with Gasteiger partial charge in [-0.05, 0) is 24.1 Å². The Kier molecular flexibility index (Phi) is 4.62. The second kappa shape index (κ2) is 7.61. The van der Waals surface area contributed by atoms with Gasteiger partial charge in [-0.25, -0.2) is 9.48 Å². The van der Waals surface area contributed by atoms with Crippen LogP contribution in [0.4, 0.5) is 4.79 Å². The number of carbonyl (C=O) groups is 5. The molecule has 0 radical (unpaired) electrons. The Morgan fingerprint density at radius 1 is 1.17 bits per heavy atom. The average molecular weight is 479 g/mol. The van der Waals surface area contributed by atoms with Crippen LogP contribution in [0.25, 0.3) is 5.69 Å². The fourth-order valence-corrected chi connectivity index (χ4v) is 5.09. The number of rotatable bonds is 3. The fraction of sp³-hybridized carbons (Fsp3) is 0.409. The molecule has 0 saturated carbocycles. The Morgan fingerprint density at radius 2 is 2.00 bits per heavy atom. The zero-order valence-corrected chi connectivity index (χ0v) is 18.7. The molecule has 1 aromatic carbocycles. The van der Waals surface area contributed by atoms with Crippen molar-refractivity contribution < 1.29 is 28.7 Å². The molecule has 3 saturated heterocycles. The summed E-state index contributed by atoms with van der Waals surface area (Å²) in [7, 11) is 1.65. The monoisotopic (exact) mass is 479 g/mol. The van der Waals surface area contributed by atoms with Crippen LogP contribution in [0.3, 0.4) is 0 Å². The standard InChI is InChI=1S/C22H21N7O6/c1-26-16-9-27(10-17(16)35-22(26)34)21(33)14-8-29(25-24-14)12-3-2-11-7-28(20(32)13(11)6-12)15-4-5-18(30)23-19(15)31/h2-3,6,8,15-17H,4-5,7,9-10H2,1H3,(H,23,30,31)/t15?,16-,17+/m1/s1. The average Bonchev–Trinajstić information content (AvgIpc) is 3.60. The Labute approximate surface area is 198 Å². The van der Waals surface area contributed by atoms with Crippen LogP contribution in [0.2, 0.25) is 0 Å². The van der Waals surface area contributed by atoms with E-state index in [4.69, 9.17) is 4.74 Å². The summed E-state index contributed by atoms with van der Waals surface area (Å²) < 4.78 is 6.69. The molecule has 4 aliphatic rings. The number of likely N-dealkylation sites (N-methyl/N-ethyl adjacent to an activating group) is 1. The smallest absolute Gasteiger partial charge is 0.410 e. The number of amides is 5. The maximum Gasteiger partial charge on any atom is 0.410 e. The van der Waals surface area contributed by atoms with E-state index in [1.807, 2.05) is 0 Å². The third-order valence-corrected chi connectivity index (χ3v) is 7.05. The van der Waals surface area contributed by atoms with Crippen LogP contribution in [0.15, 0.2) is 24.4 Å². The number of hydrogen-bond donors (Lipinski definition) is 1. The number of likely N-dealkylation sites (tertiary alicyclic amines) is 1. The minimum atomic E-state index is -0.690. The molecule has 35 heavy (non-hydrogen) atoms. The van der Waals surface area contributed by atoms with Crippen molar-refractivity contribution in [2.24, 2.45) is 0 Å². The molecule has 0 aliphatic carbocycles. The molecule has 1 unspecified atom stereocenters. The number of nitrogens with zero attached hydrogens (tertiary/aromatic N) is 6. The van der Waals surface area contributed by atoms with Gasteiger partial charge in [0.1, 0.15) is 12.1 Å². The molecule has 2 aromatic rings. The summed E-state index contributed by atoms with van der Waals surface area (Å²) in [4.78, 5) is 65.9. The first-order valence-corrected chi connectivity index (χ1v) is 11.2. The molecular weight excluding hydrogens is 458 g/mol. The molecule has 3 atom stereocenters. The lowest BCUT2D eigenvalue weighted by atomic mass is 10.0. The van der Waals surface area contributed by atoms with E-state index < -0.39 is 11.9 Å². The number of imide groups is 1. The van der Waals surface area contributed by atoms with Crippen LogP contribution in [0.1, 0.15) is 39.3 Å². The van der Waals surface area contributed by atoms with Gasteiger partial charge in [-0.2, -0.15) is 0 Å². The van der Waals surface area contributed by atoms with Gasteiger partial charge in [-0.3, -0.25) is 24.5 Å². The summed E-state index contributed by atoms with van der Waals surface area (Å²) in [5.41, 5.74) is 1.88. The quantitative estimate of drug-likeness (QED) is 0.569. The number of ether oxygens (including phenoxy) is 1. The lowest BCUT2D eigenvalue weighted by Crippen LogP contribution is -2.52. The predicted molar refractivity (Wildman–Crippen MR) is 115 cm³/mol. The van der Waals surface area contributed by atoms with Gasteiger partial charge in [0, 0.05) is 32.1 Å². The van der Waals surface area contributed by atoms with E-state index in [9.17, 15) is 24.0 Å². The normalized spacial score (nSPS) is 25.6. The number of benzene rings is 1. The number of nitrogens with one attached hydrogen (secondary N) is 1. The highest BCUT2D eigenvalue weighted by molar-refractivity contribution is 6.05. The number of carbonyl (C=O) groups excluding carboxylic acids is 5. The van der Waals surface area contributed by atoms with Gasteiger partial charge < -0.3 is 19.4 Å². The highest BCUT2D eigenvalue weighted by Gasteiger charge is 2.47. The van der Waals surface area contributed by atoms with Crippen molar-refractivity contribution in [2.45, 2.75) is 37.6 Å². The SMILES string of the molecule is CN1C(=O)O[C@H]2CN(C(=O)c3cn(-c4ccc5c(c4)C(=O)N(C4CCC(=O)NC4=O)C5)nn3)C[C@H]21. The van der Waals surface area contributed by atoms with E-state index in [-0.39, 0.29) is 61.2 Å². The Balaban J connectivity index is 1.18. The van der Waals surface area contributed by atoms with Gasteiger partial charge in [0.15, 0.2) is 5.69 Å². The summed E-state index contributed by atoms with van der Waals surface area (Å²) >= 11 is 0. The molecule has 13 nitrogen and oxygen atoms in total. The van der Waals surface area contributed by atoms with E-state index in [0.717, 1.165) is 5.56 Å². The molecule has 0 spiro atoms. The van der Waals surface area contributed by atoms with E-state index in [1.54, 1.807) is 30.1 Å². The molecule has 1 aromatic heterocycles. The van der Waals surface area contributed by atoms with Gasteiger partial charge in [-0.1, -0.05) is 11.3 Å². The van der Waals surface area contributed by atoms with Crippen molar-refractivity contribution in [1.82, 2.24) is 35.0 Å². The van der Waals surface area contributed by atoms with Crippen molar-refractivity contribution in [3.63, 3.8) is 0 Å².